The van der Waals surface area contributed by atoms with Gasteiger partial charge in [0.15, 0.2) is 0 Å². The van der Waals surface area contributed by atoms with E-state index >= 15 is 0 Å². The van der Waals surface area contributed by atoms with Crippen LogP contribution in [0.15, 0.2) is 36.5 Å². The normalized spacial score (nSPS) is 13.1. The second-order valence-corrected chi connectivity index (χ2v) is 7.84. The van der Waals surface area contributed by atoms with E-state index in [0.717, 1.165) is 13.3 Å². The quantitative estimate of drug-likeness (QED) is 0.195. The Hall–Kier alpha value is -2.41. The van der Waals surface area contributed by atoms with Gasteiger partial charge in [-0.25, -0.2) is 15.0 Å². The fourth-order valence-corrected chi connectivity index (χ4v) is 3.64. The zero-order chi connectivity index (χ0) is 26.2. The van der Waals surface area contributed by atoms with Crippen molar-refractivity contribution in [3.05, 3.63) is 68.3 Å². The van der Waals surface area contributed by atoms with E-state index in [-0.39, 0.29) is 34.0 Å². The number of alkyl halides is 7. The first-order chi connectivity index (χ1) is 15.5. The first kappa shape index (κ1) is 27.8. The maximum Gasteiger partial charge on any atom is 0.435 e. The van der Waals surface area contributed by atoms with Gasteiger partial charge in [-0.15, -0.1) is 0 Å². The number of hydrogen-bond donors (Lipinski definition) is 2. The van der Waals surface area contributed by atoms with E-state index in [9.17, 15) is 35.5 Å². The summed E-state index contributed by atoms with van der Waals surface area (Å²) in [7, 11) is 1.11. The Morgan fingerprint density at radius 3 is 1.88 bits per heavy atom. The van der Waals surface area contributed by atoms with Crippen molar-refractivity contribution in [2.24, 2.45) is 11.6 Å². The molecule has 0 saturated heterocycles. The first-order valence-electron chi connectivity index (χ1n) is 8.67. The Kier molecular flexibility index (Phi) is 7.93. The third-order valence-corrected chi connectivity index (χ3v) is 5.34. The Bertz CT molecular complexity index is 1100. The average Bonchev–Trinajstić information content (AvgIpc) is 2.70. The topological polar surface area (TPSA) is 81.6 Å². The van der Waals surface area contributed by atoms with Crippen LogP contribution in [-0.2, 0) is 10.4 Å². The van der Waals surface area contributed by atoms with Gasteiger partial charge in [0.25, 0.3) is 0 Å². The number of halogens is 10. The molecule has 186 valence electrons. The third kappa shape index (κ3) is 5.14. The lowest BCUT2D eigenvalue weighted by Gasteiger charge is -2.31. The predicted octanol–water partition coefficient (Wildman–Crippen LogP) is 6.36. The highest BCUT2D eigenvalue weighted by Crippen LogP contribution is 2.54. The molecule has 2 aromatic rings. The zero-order valence-corrected chi connectivity index (χ0v) is 18.9. The van der Waals surface area contributed by atoms with E-state index in [0.29, 0.717) is 5.01 Å². The Morgan fingerprint density at radius 1 is 0.941 bits per heavy atom. The van der Waals surface area contributed by atoms with Crippen molar-refractivity contribution >= 4 is 52.2 Å². The van der Waals surface area contributed by atoms with Crippen LogP contribution in [0.5, 0.6) is 0 Å². The Morgan fingerprint density at radius 2 is 1.44 bits per heavy atom. The number of carbonyl (C=O) groups is 1. The molecule has 0 aromatic heterocycles. The van der Waals surface area contributed by atoms with E-state index in [2.05, 4.69) is 4.74 Å². The van der Waals surface area contributed by atoms with Gasteiger partial charge in [0.2, 0.25) is 0 Å². The van der Waals surface area contributed by atoms with E-state index in [4.69, 9.17) is 46.4 Å². The zero-order valence-electron chi connectivity index (χ0n) is 16.7. The molecule has 0 heterocycles. The highest BCUT2D eigenvalue weighted by molar-refractivity contribution is 6.39. The number of nitrogens with zero attached hydrogens (tertiary/aromatic N) is 1. The van der Waals surface area contributed by atoms with Crippen LogP contribution < -0.4 is 16.6 Å². The van der Waals surface area contributed by atoms with Crippen LogP contribution in [-0.4, -0.2) is 25.4 Å². The van der Waals surface area contributed by atoms with Gasteiger partial charge in [-0.1, -0.05) is 40.9 Å². The van der Waals surface area contributed by atoms with Crippen molar-refractivity contribution in [2.75, 3.05) is 12.1 Å². The molecule has 2 rings (SSSR count). The summed E-state index contributed by atoms with van der Waals surface area (Å²) in [4.78, 5) is 11.8. The van der Waals surface area contributed by atoms with Gasteiger partial charge in [0.1, 0.15) is 0 Å². The second-order valence-electron chi connectivity index (χ2n) is 6.62. The molecule has 4 N–H and O–H groups in total. The summed E-state index contributed by atoms with van der Waals surface area (Å²) in [6.07, 6.45) is -11.8. The standard InChI is InChI=1S/C19H13Cl3F7N3O2/c1-34-16(33)10-4-8(2-3-11(10)20)14(30)7-32(31)15-12(21)5-9(6-13(15)22)17(23,18(24,25)26)19(27,28)29/h2-7H,30-31H2,1H3/b14-7-. The number of nitrogens with two attached hydrogens (primary N) is 2. The molecular weight excluding hydrogens is 542 g/mol. The minimum atomic E-state index is -6.36. The summed E-state index contributed by atoms with van der Waals surface area (Å²) in [6, 6.07) is 4.14. The predicted molar refractivity (Wildman–Crippen MR) is 113 cm³/mol. The van der Waals surface area contributed by atoms with Crippen LogP contribution in [0.1, 0.15) is 21.5 Å². The molecule has 0 amide bonds. The van der Waals surface area contributed by atoms with Gasteiger partial charge in [-0.3, -0.25) is 5.01 Å². The van der Waals surface area contributed by atoms with Gasteiger partial charge in [0, 0.05) is 11.8 Å². The van der Waals surface area contributed by atoms with Gasteiger partial charge in [0.05, 0.1) is 39.1 Å². The molecule has 15 heteroatoms. The van der Waals surface area contributed by atoms with Crippen molar-refractivity contribution in [1.82, 2.24) is 0 Å². The van der Waals surface area contributed by atoms with Crippen LogP contribution in [0.25, 0.3) is 5.70 Å². The monoisotopic (exact) mass is 553 g/mol. The lowest BCUT2D eigenvalue weighted by molar-refractivity contribution is -0.348. The minimum absolute atomic E-state index is 0.0405. The number of methoxy groups -OCH3 is 1. The number of ether oxygens (including phenoxy) is 1. The first-order valence-corrected chi connectivity index (χ1v) is 9.80. The summed E-state index contributed by atoms with van der Waals surface area (Å²) in [5, 5.41) is -1.04. The van der Waals surface area contributed by atoms with Gasteiger partial charge < -0.3 is 10.5 Å². The SMILES string of the molecule is COC(=O)c1cc(/C(N)=C/N(N)c2c(Cl)cc(C(F)(C(F)(F)F)C(F)(F)F)cc2Cl)ccc1Cl. The summed E-state index contributed by atoms with van der Waals surface area (Å²) in [6.45, 7) is 0. The number of rotatable bonds is 5. The molecule has 0 aliphatic rings. The van der Waals surface area contributed by atoms with Crippen LogP contribution in [0.2, 0.25) is 15.1 Å². The fourth-order valence-electron chi connectivity index (χ4n) is 2.76. The molecule has 0 aliphatic heterocycles. The molecule has 0 atom stereocenters. The minimum Gasteiger partial charge on any atom is -0.465 e. The maximum absolute atomic E-state index is 14.3. The van der Waals surface area contributed by atoms with E-state index in [1.807, 2.05) is 0 Å². The molecule has 0 saturated carbocycles. The van der Waals surface area contributed by atoms with Crippen molar-refractivity contribution in [3.63, 3.8) is 0 Å². The molecule has 5 nitrogen and oxygen atoms in total. The van der Waals surface area contributed by atoms with Crippen molar-refractivity contribution in [3.8, 4) is 0 Å². The molecule has 0 radical (unpaired) electrons. The number of benzene rings is 2. The maximum atomic E-state index is 14.3. The largest absolute Gasteiger partial charge is 0.465 e. The van der Waals surface area contributed by atoms with Gasteiger partial charge >= 0.3 is 24.0 Å². The lowest BCUT2D eigenvalue weighted by Crippen LogP contribution is -2.50. The van der Waals surface area contributed by atoms with Gasteiger partial charge in [-0.05, 0) is 29.8 Å². The number of esters is 1. The van der Waals surface area contributed by atoms with Crippen molar-refractivity contribution < 1.29 is 40.3 Å². The van der Waals surface area contributed by atoms with Gasteiger partial charge in [-0.2, -0.15) is 26.3 Å². The number of hydrazine groups is 1. The van der Waals surface area contributed by atoms with Crippen LogP contribution in [0, 0.1) is 0 Å². The van der Waals surface area contributed by atoms with Crippen LogP contribution >= 0.6 is 34.8 Å². The summed E-state index contributed by atoms with van der Waals surface area (Å²) in [5.74, 6) is 4.99. The van der Waals surface area contributed by atoms with Crippen molar-refractivity contribution in [1.29, 1.82) is 0 Å². The lowest BCUT2D eigenvalue weighted by atomic mass is 9.94. The van der Waals surface area contributed by atoms with Crippen LogP contribution in [0.4, 0.5) is 36.4 Å². The number of anilines is 1. The van der Waals surface area contributed by atoms with E-state index in [1.54, 1.807) is 0 Å². The summed E-state index contributed by atoms with van der Waals surface area (Å²) < 4.78 is 97.1. The third-order valence-electron chi connectivity index (χ3n) is 4.44. The smallest absolute Gasteiger partial charge is 0.435 e. The molecule has 0 unspecified atom stereocenters. The Balaban J connectivity index is 2.54. The Labute approximate surface area is 202 Å². The fraction of sp³-hybridized carbons (Fsp3) is 0.211. The molecule has 34 heavy (non-hydrogen) atoms. The van der Waals surface area contributed by atoms with E-state index in [1.165, 1.54) is 18.2 Å². The van der Waals surface area contributed by atoms with Crippen molar-refractivity contribution in [2.45, 2.75) is 18.0 Å². The highest BCUT2D eigenvalue weighted by atomic mass is 35.5. The second kappa shape index (κ2) is 9.68. The average molecular weight is 555 g/mol. The number of carbonyl (C=O) groups excluding carboxylic acids is 1. The van der Waals surface area contributed by atoms with Crippen LogP contribution in [0.3, 0.4) is 0 Å². The molecule has 2 aromatic carbocycles. The molecule has 0 aliphatic carbocycles. The van der Waals surface area contributed by atoms with E-state index < -0.39 is 45.3 Å². The molecule has 0 fully saturated rings. The molecule has 0 spiro atoms. The molecule has 0 bridgehead atoms. The summed E-state index contributed by atoms with van der Waals surface area (Å²) >= 11 is 17.5. The summed E-state index contributed by atoms with van der Waals surface area (Å²) in [5.41, 5.74) is -2.23. The number of hydrogen-bond acceptors (Lipinski definition) is 5. The highest BCUT2D eigenvalue weighted by Gasteiger charge is 2.73. The molecular formula is C19H13Cl3F7N3O2.